The predicted octanol–water partition coefficient (Wildman–Crippen LogP) is 3.15. The van der Waals surface area contributed by atoms with Crippen molar-refractivity contribution in [2.24, 2.45) is 11.8 Å². The van der Waals surface area contributed by atoms with Crippen molar-refractivity contribution in [1.82, 2.24) is 9.88 Å². The molecule has 5 nitrogen and oxygen atoms in total. The van der Waals surface area contributed by atoms with Gasteiger partial charge in [0, 0.05) is 22.5 Å². The van der Waals surface area contributed by atoms with Gasteiger partial charge in [-0.25, -0.2) is 4.79 Å². The second-order valence-electron chi connectivity index (χ2n) is 6.48. The van der Waals surface area contributed by atoms with E-state index in [1.807, 2.05) is 12.1 Å². The van der Waals surface area contributed by atoms with Gasteiger partial charge < -0.3 is 15.0 Å². The molecule has 1 saturated heterocycles. The number of aliphatic carboxylic acids is 1. The van der Waals surface area contributed by atoms with Gasteiger partial charge in [0.2, 0.25) is 0 Å². The highest BCUT2D eigenvalue weighted by molar-refractivity contribution is 6.35. The molecule has 1 aromatic heterocycles. The number of carbonyl (C=O) groups is 2. The van der Waals surface area contributed by atoms with Gasteiger partial charge in [-0.3, -0.25) is 4.79 Å². The third-order valence-corrected chi connectivity index (χ3v) is 5.58. The monoisotopic (exact) mass is 332 g/mol. The lowest BCUT2D eigenvalue weighted by atomic mass is 9.94. The van der Waals surface area contributed by atoms with Crippen LogP contribution in [-0.4, -0.2) is 39.5 Å². The summed E-state index contributed by atoms with van der Waals surface area (Å²) >= 11 is 6.15. The van der Waals surface area contributed by atoms with E-state index in [1.165, 1.54) is 4.90 Å². The van der Waals surface area contributed by atoms with Crippen LogP contribution in [-0.2, 0) is 4.79 Å². The van der Waals surface area contributed by atoms with Gasteiger partial charge in [-0.05, 0) is 42.9 Å². The molecule has 1 aromatic carbocycles. The molecule has 23 heavy (non-hydrogen) atoms. The zero-order valence-corrected chi connectivity index (χ0v) is 13.2. The Morgan fingerprint density at radius 1 is 1.30 bits per heavy atom. The number of H-pyrrole nitrogens is 1. The predicted molar refractivity (Wildman–Crippen MR) is 86.6 cm³/mol. The van der Waals surface area contributed by atoms with E-state index >= 15 is 0 Å². The molecule has 1 aliphatic heterocycles. The van der Waals surface area contributed by atoms with Crippen molar-refractivity contribution in [3.63, 3.8) is 0 Å². The van der Waals surface area contributed by atoms with Crippen LogP contribution < -0.4 is 0 Å². The Hall–Kier alpha value is -2.01. The lowest BCUT2D eigenvalue weighted by molar-refractivity contribution is -0.142. The van der Waals surface area contributed by atoms with Crippen LogP contribution in [0.2, 0.25) is 5.02 Å². The molecule has 3 unspecified atom stereocenters. The topological polar surface area (TPSA) is 73.4 Å². The first-order valence-corrected chi connectivity index (χ1v) is 8.25. The van der Waals surface area contributed by atoms with Gasteiger partial charge in [-0.1, -0.05) is 24.1 Å². The lowest BCUT2D eigenvalue weighted by Crippen LogP contribution is -2.43. The maximum Gasteiger partial charge on any atom is 0.326 e. The second-order valence-corrected chi connectivity index (χ2v) is 6.89. The van der Waals surface area contributed by atoms with Crippen LogP contribution in [0.3, 0.4) is 0 Å². The minimum atomic E-state index is -0.901. The molecule has 1 saturated carbocycles. The fraction of sp³-hybridized carbons (Fsp3) is 0.412. The molecule has 120 valence electrons. The molecule has 6 heteroatoms. The Morgan fingerprint density at radius 2 is 2.13 bits per heavy atom. The third kappa shape index (κ3) is 2.22. The summed E-state index contributed by atoms with van der Waals surface area (Å²) in [5, 5.41) is 10.9. The van der Waals surface area contributed by atoms with Crippen LogP contribution in [0.15, 0.2) is 24.3 Å². The molecular weight excluding hydrogens is 316 g/mol. The lowest BCUT2D eigenvalue weighted by Gasteiger charge is -2.23. The summed E-state index contributed by atoms with van der Waals surface area (Å²) < 4.78 is 0. The first-order chi connectivity index (χ1) is 11.1. The summed E-state index contributed by atoms with van der Waals surface area (Å²) in [6, 6.07) is 6.44. The number of fused-ring (bicyclic) bond motifs is 2. The van der Waals surface area contributed by atoms with Crippen LogP contribution >= 0.6 is 11.6 Å². The summed E-state index contributed by atoms with van der Waals surface area (Å²) in [4.78, 5) is 29.1. The number of carboxylic acid groups (broad SMARTS) is 1. The van der Waals surface area contributed by atoms with E-state index < -0.39 is 12.0 Å². The van der Waals surface area contributed by atoms with Crippen LogP contribution in [0, 0.1) is 11.8 Å². The summed E-state index contributed by atoms with van der Waals surface area (Å²) in [5.74, 6) is -0.751. The van der Waals surface area contributed by atoms with E-state index in [1.54, 1.807) is 12.1 Å². The average Bonchev–Trinajstić information content (AvgIpc) is 3.19. The maximum absolute atomic E-state index is 12.9. The maximum atomic E-state index is 12.9. The van der Waals surface area contributed by atoms with Crippen molar-refractivity contribution < 1.29 is 14.7 Å². The Morgan fingerprint density at radius 3 is 2.87 bits per heavy atom. The third-order valence-electron chi connectivity index (χ3n) is 5.25. The fourth-order valence-corrected chi connectivity index (χ4v) is 4.45. The number of rotatable bonds is 2. The van der Waals surface area contributed by atoms with E-state index in [4.69, 9.17) is 11.6 Å². The molecule has 2 N–H and O–H groups in total. The largest absolute Gasteiger partial charge is 0.480 e. The second kappa shape index (κ2) is 5.27. The molecule has 0 bridgehead atoms. The highest BCUT2D eigenvalue weighted by Crippen LogP contribution is 2.42. The smallest absolute Gasteiger partial charge is 0.326 e. The average molecular weight is 333 g/mol. The molecule has 2 aromatic rings. The summed E-state index contributed by atoms with van der Waals surface area (Å²) in [5.41, 5.74) is 1.19. The Labute approximate surface area is 138 Å². The SMILES string of the molecule is O=C(O)C1C2CCCC2CN1C(=O)c1cc2c(Cl)cccc2[nH]1. The van der Waals surface area contributed by atoms with Crippen molar-refractivity contribution in [2.45, 2.75) is 25.3 Å². The summed E-state index contributed by atoms with van der Waals surface area (Å²) in [6.45, 7) is 0.531. The number of hydrogen-bond donors (Lipinski definition) is 2. The highest BCUT2D eigenvalue weighted by Gasteiger charge is 2.49. The Balaban J connectivity index is 1.69. The molecule has 0 radical (unpaired) electrons. The Bertz CT molecular complexity index is 800. The van der Waals surface area contributed by atoms with Gasteiger partial charge in [0.15, 0.2) is 0 Å². The molecule has 3 atom stereocenters. The quantitative estimate of drug-likeness (QED) is 0.887. The summed E-state index contributed by atoms with van der Waals surface area (Å²) in [6.07, 6.45) is 2.96. The number of aromatic amines is 1. The number of nitrogens with one attached hydrogen (secondary N) is 1. The Kier molecular flexibility index (Phi) is 3.34. The zero-order valence-electron chi connectivity index (χ0n) is 12.5. The van der Waals surface area contributed by atoms with E-state index in [2.05, 4.69) is 4.98 Å². The highest BCUT2D eigenvalue weighted by atomic mass is 35.5. The zero-order chi connectivity index (χ0) is 16.1. The number of benzene rings is 1. The molecule has 1 aliphatic carbocycles. The van der Waals surface area contributed by atoms with Gasteiger partial charge >= 0.3 is 5.97 Å². The van der Waals surface area contributed by atoms with Crippen LogP contribution in [0.25, 0.3) is 10.9 Å². The van der Waals surface area contributed by atoms with Gasteiger partial charge in [-0.15, -0.1) is 0 Å². The van der Waals surface area contributed by atoms with Gasteiger partial charge in [0.1, 0.15) is 11.7 Å². The number of carbonyl (C=O) groups excluding carboxylic acids is 1. The molecule has 0 spiro atoms. The number of carboxylic acids is 1. The molecule has 2 fully saturated rings. The number of likely N-dealkylation sites (tertiary alicyclic amines) is 1. The van der Waals surface area contributed by atoms with E-state index in [0.717, 1.165) is 30.2 Å². The van der Waals surface area contributed by atoms with E-state index in [9.17, 15) is 14.7 Å². The van der Waals surface area contributed by atoms with Crippen molar-refractivity contribution in [3.8, 4) is 0 Å². The van der Waals surface area contributed by atoms with Crippen molar-refractivity contribution in [3.05, 3.63) is 35.0 Å². The minimum absolute atomic E-state index is 0.0874. The van der Waals surface area contributed by atoms with Crippen LogP contribution in [0.1, 0.15) is 29.8 Å². The molecular formula is C17H17ClN2O3. The van der Waals surface area contributed by atoms with Crippen molar-refractivity contribution in [1.29, 1.82) is 0 Å². The number of nitrogens with zero attached hydrogens (tertiary/aromatic N) is 1. The fourth-order valence-electron chi connectivity index (χ4n) is 4.22. The van der Waals surface area contributed by atoms with E-state index in [0.29, 0.717) is 23.2 Å². The van der Waals surface area contributed by atoms with E-state index in [-0.39, 0.29) is 11.8 Å². The number of aromatic nitrogens is 1. The number of halogens is 1. The van der Waals surface area contributed by atoms with Crippen LogP contribution in [0.4, 0.5) is 0 Å². The first-order valence-electron chi connectivity index (χ1n) is 7.87. The standard InChI is InChI=1S/C17H17ClN2O3/c18-12-5-2-6-13-11(12)7-14(19-13)16(21)20-8-9-3-1-4-10(9)15(20)17(22)23/h2,5-7,9-10,15,19H,1,3-4,8H2,(H,22,23). The summed E-state index contributed by atoms with van der Waals surface area (Å²) in [7, 11) is 0. The molecule has 2 heterocycles. The van der Waals surface area contributed by atoms with Gasteiger partial charge in [0.05, 0.1) is 0 Å². The van der Waals surface area contributed by atoms with Crippen molar-refractivity contribution >= 4 is 34.4 Å². The van der Waals surface area contributed by atoms with Crippen molar-refractivity contribution in [2.75, 3.05) is 6.54 Å². The number of hydrogen-bond acceptors (Lipinski definition) is 2. The molecule has 2 aliphatic rings. The molecule has 4 rings (SSSR count). The molecule has 1 amide bonds. The normalized spacial score (nSPS) is 26.7. The number of amides is 1. The first kappa shape index (κ1) is 14.6. The minimum Gasteiger partial charge on any atom is -0.480 e. The van der Waals surface area contributed by atoms with Crippen LogP contribution in [0.5, 0.6) is 0 Å². The van der Waals surface area contributed by atoms with Gasteiger partial charge in [-0.2, -0.15) is 0 Å². The van der Waals surface area contributed by atoms with Gasteiger partial charge in [0.25, 0.3) is 5.91 Å².